The lowest BCUT2D eigenvalue weighted by molar-refractivity contribution is 0.0566. The Bertz CT molecular complexity index is 551. The summed E-state index contributed by atoms with van der Waals surface area (Å²) in [5.41, 5.74) is 1.29. The number of ether oxygens (including phenoxy) is 3. The van der Waals surface area contributed by atoms with Crippen molar-refractivity contribution in [3.63, 3.8) is 0 Å². The molecule has 0 amide bonds. The summed E-state index contributed by atoms with van der Waals surface area (Å²) in [5.74, 6) is 2.04. The summed E-state index contributed by atoms with van der Waals surface area (Å²) in [6.45, 7) is 1.05. The largest absolute Gasteiger partial charge is 0.493 e. The van der Waals surface area contributed by atoms with Gasteiger partial charge in [0.05, 0.1) is 27.4 Å². The van der Waals surface area contributed by atoms with Crippen molar-refractivity contribution in [2.45, 2.75) is 43.2 Å². The third-order valence-corrected chi connectivity index (χ3v) is 5.74. The van der Waals surface area contributed by atoms with Crippen LogP contribution in [-0.4, -0.2) is 57.1 Å². The van der Waals surface area contributed by atoms with Crippen LogP contribution in [0.3, 0.4) is 0 Å². The lowest BCUT2D eigenvalue weighted by Crippen LogP contribution is -2.47. The van der Waals surface area contributed by atoms with Crippen LogP contribution in [0.25, 0.3) is 0 Å². The minimum Gasteiger partial charge on any atom is -0.493 e. The van der Waals surface area contributed by atoms with Crippen LogP contribution >= 0.6 is 0 Å². The molecule has 3 rings (SSSR count). The second-order valence-corrected chi connectivity index (χ2v) is 6.74. The molecule has 0 unspecified atom stereocenters. The Labute approximate surface area is 138 Å². The lowest BCUT2D eigenvalue weighted by Gasteiger charge is -2.43. The van der Waals surface area contributed by atoms with Crippen LogP contribution in [0, 0.1) is 0 Å². The average molecular weight is 321 g/mol. The van der Waals surface area contributed by atoms with E-state index in [0.29, 0.717) is 23.3 Å². The van der Waals surface area contributed by atoms with Crippen molar-refractivity contribution in [1.82, 2.24) is 4.90 Å². The van der Waals surface area contributed by atoms with E-state index in [4.69, 9.17) is 14.2 Å². The summed E-state index contributed by atoms with van der Waals surface area (Å²) in [5, 5.41) is 10.1. The minimum absolute atomic E-state index is 0.0564. The predicted octanol–water partition coefficient (Wildman–Crippen LogP) is 2.20. The molecule has 1 aromatic carbocycles. The number of fused-ring (bicyclic) bond motifs is 1. The van der Waals surface area contributed by atoms with E-state index in [0.717, 1.165) is 32.2 Å². The second kappa shape index (κ2) is 6.21. The molecule has 0 radical (unpaired) electrons. The monoisotopic (exact) mass is 321 g/mol. The maximum Gasteiger partial charge on any atom is 0.203 e. The smallest absolute Gasteiger partial charge is 0.203 e. The van der Waals surface area contributed by atoms with Crippen LogP contribution in [-0.2, 0) is 5.41 Å². The van der Waals surface area contributed by atoms with Crippen LogP contribution in [0.15, 0.2) is 12.1 Å². The van der Waals surface area contributed by atoms with Gasteiger partial charge in [0.25, 0.3) is 0 Å². The summed E-state index contributed by atoms with van der Waals surface area (Å²) in [4.78, 5) is 2.38. The molecule has 2 fully saturated rings. The molecular weight excluding hydrogens is 294 g/mol. The first-order valence-electron chi connectivity index (χ1n) is 8.24. The van der Waals surface area contributed by atoms with Crippen molar-refractivity contribution in [2.75, 3.05) is 34.9 Å². The summed E-state index contributed by atoms with van der Waals surface area (Å²) < 4.78 is 16.5. The third-order valence-electron chi connectivity index (χ3n) is 5.74. The number of hydrogen-bond donors (Lipinski definition) is 1. The van der Waals surface area contributed by atoms with Gasteiger partial charge in [-0.25, -0.2) is 0 Å². The predicted molar refractivity (Wildman–Crippen MR) is 88.7 cm³/mol. The van der Waals surface area contributed by atoms with Crippen LogP contribution in [0.4, 0.5) is 0 Å². The number of nitrogens with zero attached hydrogens (tertiary/aromatic N) is 1. The van der Waals surface area contributed by atoms with Crippen LogP contribution < -0.4 is 14.2 Å². The minimum atomic E-state index is -0.198. The fourth-order valence-corrected chi connectivity index (χ4v) is 4.47. The van der Waals surface area contributed by atoms with Crippen molar-refractivity contribution >= 4 is 0 Å². The number of likely N-dealkylation sites (tertiary alicyclic amines) is 1. The summed E-state index contributed by atoms with van der Waals surface area (Å²) >= 11 is 0. The van der Waals surface area contributed by atoms with E-state index in [9.17, 15) is 5.11 Å². The highest BCUT2D eigenvalue weighted by molar-refractivity contribution is 5.56. The molecule has 1 N–H and O–H groups in total. The maximum atomic E-state index is 10.1. The standard InChI is InChI=1S/C18H27NO4/c1-19-8-7-18(6-5-13(20)11-16(18)19)12-9-14(21-2)17(23-4)15(10-12)22-3/h9-10,13,16,20H,5-8,11H2,1-4H3/t13-,16+,18+/m1/s1. The molecule has 128 valence electrons. The highest BCUT2D eigenvalue weighted by atomic mass is 16.5. The molecule has 0 spiro atoms. The van der Waals surface area contributed by atoms with Gasteiger partial charge in [0, 0.05) is 11.5 Å². The van der Waals surface area contributed by atoms with E-state index < -0.39 is 0 Å². The first-order chi connectivity index (χ1) is 11.1. The van der Waals surface area contributed by atoms with E-state index in [1.807, 2.05) is 0 Å². The van der Waals surface area contributed by atoms with Gasteiger partial charge >= 0.3 is 0 Å². The average Bonchev–Trinajstić information content (AvgIpc) is 2.91. The number of methoxy groups -OCH3 is 3. The van der Waals surface area contributed by atoms with Gasteiger partial charge in [-0.3, -0.25) is 0 Å². The van der Waals surface area contributed by atoms with E-state index in [1.165, 1.54) is 5.56 Å². The van der Waals surface area contributed by atoms with Gasteiger partial charge in [0.15, 0.2) is 11.5 Å². The highest BCUT2D eigenvalue weighted by Crippen LogP contribution is 2.51. The van der Waals surface area contributed by atoms with Gasteiger partial charge in [-0.15, -0.1) is 0 Å². The number of likely N-dealkylation sites (N-methyl/N-ethyl adjacent to an activating group) is 1. The summed E-state index contributed by atoms with van der Waals surface area (Å²) in [6, 6.07) is 4.53. The Morgan fingerprint density at radius 1 is 1.09 bits per heavy atom. The van der Waals surface area contributed by atoms with Gasteiger partial charge in [0.2, 0.25) is 5.75 Å². The number of aliphatic hydroxyl groups is 1. The van der Waals surface area contributed by atoms with Crippen molar-refractivity contribution in [3.8, 4) is 17.2 Å². The topological polar surface area (TPSA) is 51.2 Å². The van der Waals surface area contributed by atoms with Gasteiger partial charge < -0.3 is 24.2 Å². The van der Waals surface area contributed by atoms with Crippen molar-refractivity contribution < 1.29 is 19.3 Å². The van der Waals surface area contributed by atoms with E-state index in [-0.39, 0.29) is 11.5 Å². The van der Waals surface area contributed by atoms with Gasteiger partial charge in [-0.05, 0) is 57.0 Å². The van der Waals surface area contributed by atoms with Gasteiger partial charge in [-0.2, -0.15) is 0 Å². The quantitative estimate of drug-likeness (QED) is 0.921. The molecule has 0 aromatic heterocycles. The van der Waals surface area contributed by atoms with Crippen LogP contribution in [0.5, 0.6) is 17.2 Å². The maximum absolute atomic E-state index is 10.1. The zero-order valence-corrected chi connectivity index (χ0v) is 14.5. The summed E-state index contributed by atoms with van der Waals surface area (Å²) in [7, 11) is 7.09. The van der Waals surface area contributed by atoms with Crippen molar-refractivity contribution in [2.24, 2.45) is 0 Å². The number of hydrogen-bond acceptors (Lipinski definition) is 5. The first kappa shape index (κ1) is 16.4. The summed E-state index contributed by atoms with van der Waals surface area (Å²) in [6.07, 6.45) is 3.56. The molecule has 1 saturated heterocycles. The van der Waals surface area contributed by atoms with Crippen LogP contribution in [0.2, 0.25) is 0 Å². The highest BCUT2D eigenvalue weighted by Gasteiger charge is 2.50. The van der Waals surface area contributed by atoms with Crippen molar-refractivity contribution in [1.29, 1.82) is 0 Å². The van der Waals surface area contributed by atoms with Gasteiger partial charge in [-0.1, -0.05) is 0 Å². The number of benzene rings is 1. The SMILES string of the molecule is COc1cc([C@@]23CC[C@@H](O)C[C@@H]2N(C)CC3)cc(OC)c1OC. The third kappa shape index (κ3) is 2.56. The van der Waals surface area contributed by atoms with Crippen molar-refractivity contribution in [3.05, 3.63) is 17.7 Å². The molecule has 23 heavy (non-hydrogen) atoms. The zero-order valence-electron chi connectivity index (χ0n) is 14.5. The van der Waals surface area contributed by atoms with E-state index >= 15 is 0 Å². The zero-order chi connectivity index (χ0) is 16.6. The molecule has 5 heteroatoms. The normalized spacial score (nSPS) is 30.8. The molecule has 5 nitrogen and oxygen atoms in total. The molecule has 1 aromatic rings. The fourth-order valence-electron chi connectivity index (χ4n) is 4.47. The second-order valence-electron chi connectivity index (χ2n) is 6.74. The fraction of sp³-hybridized carbons (Fsp3) is 0.667. The molecule has 1 saturated carbocycles. The molecule has 1 heterocycles. The Morgan fingerprint density at radius 2 is 1.74 bits per heavy atom. The van der Waals surface area contributed by atoms with E-state index in [1.54, 1.807) is 21.3 Å². The Kier molecular flexibility index (Phi) is 4.43. The molecule has 1 aliphatic heterocycles. The molecule has 0 bridgehead atoms. The van der Waals surface area contributed by atoms with Gasteiger partial charge in [0.1, 0.15) is 0 Å². The molecule has 2 aliphatic rings. The van der Waals surface area contributed by atoms with Crippen LogP contribution in [0.1, 0.15) is 31.2 Å². The molecular formula is C18H27NO4. The number of rotatable bonds is 4. The Morgan fingerprint density at radius 3 is 2.30 bits per heavy atom. The van der Waals surface area contributed by atoms with E-state index in [2.05, 4.69) is 24.1 Å². The molecule has 1 aliphatic carbocycles. The number of aliphatic hydroxyl groups excluding tert-OH is 1. The Hall–Kier alpha value is -1.46. The Balaban J connectivity index is 2.09. The lowest BCUT2D eigenvalue weighted by atomic mass is 9.65. The molecule has 3 atom stereocenters. The first-order valence-corrected chi connectivity index (χ1v) is 8.24.